The van der Waals surface area contributed by atoms with Crippen molar-refractivity contribution in [1.29, 1.82) is 0 Å². The summed E-state index contributed by atoms with van der Waals surface area (Å²) in [6.07, 6.45) is 0. The first-order valence-corrected chi connectivity index (χ1v) is 6.94. The van der Waals surface area contributed by atoms with Crippen LogP contribution in [0.3, 0.4) is 0 Å². The molecule has 0 radical (unpaired) electrons. The molecule has 0 aliphatic carbocycles. The van der Waals surface area contributed by atoms with Crippen molar-refractivity contribution in [3.8, 4) is 10.6 Å². The minimum Gasteiger partial charge on any atom is -0.207 e. The molecule has 2 rings (SSSR count). The Morgan fingerprint density at radius 3 is 2.33 bits per heavy atom. The van der Waals surface area contributed by atoms with E-state index in [0.29, 0.717) is 11.8 Å². The Kier molecular flexibility index (Phi) is 3.76. The quantitative estimate of drug-likeness (QED) is 0.810. The average molecular weight is 264 g/mol. The molecule has 0 spiro atoms. The van der Waals surface area contributed by atoms with E-state index in [9.17, 15) is 4.39 Å². The van der Waals surface area contributed by atoms with Gasteiger partial charge in [0.25, 0.3) is 0 Å². The van der Waals surface area contributed by atoms with Crippen LogP contribution in [0.15, 0.2) is 18.2 Å². The fourth-order valence-corrected chi connectivity index (χ4v) is 2.68. The Labute approximate surface area is 111 Å². The number of benzene rings is 1. The molecule has 1 aromatic heterocycles. The minimum absolute atomic E-state index is 0.226. The van der Waals surface area contributed by atoms with Crippen LogP contribution in [0.1, 0.15) is 50.1 Å². The molecule has 0 aliphatic rings. The maximum absolute atomic E-state index is 13.4. The van der Waals surface area contributed by atoms with Crippen LogP contribution in [0.4, 0.5) is 4.39 Å². The maximum Gasteiger partial charge on any atom is 0.148 e. The summed E-state index contributed by atoms with van der Waals surface area (Å²) in [5.74, 6) is 0.468. The van der Waals surface area contributed by atoms with Gasteiger partial charge in [-0.05, 0) is 23.6 Å². The largest absolute Gasteiger partial charge is 0.207 e. The summed E-state index contributed by atoms with van der Waals surface area (Å²) in [6, 6.07) is 4.90. The summed E-state index contributed by atoms with van der Waals surface area (Å²) in [4.78, 5) is 0. The Morgan fingerprint density at radius 1 is 1.06 bits per heavy atom. The van der Waals surface area contributed by atoms with E-state index in [4.69, 9.17) is 0 Å². The van der Waals surface area contributed by atoms with Crippen molar-refractivity contribution >= 4 is 11.3 Å². The predicted octanol–water partition coefficient (Wildman–Crippen LogP) is 4.59. The molecule has 0 saturated carbocycles. The summed E-state index contributed by atoms with van der Waals surface area (Å²) >= 11 is 1.55. The zero-order chi connectivity index (χ0) is 13.3. The molecule has 18 heavy (non-hydrogen) atoms. The molecule has 2 nitrogen and oxygen atoms in total. The van der Waals surface area contributed by atoms with Crippen LogP contribution in [0, 0.1) is 5.82 Å². The van der Waals surface area contributed by atoms with Gasteiger partial charge in [-0.25, -0.2) is 4.39 Å². The van der Waals surface area contributed by atoms with E-state index in [-0.39, 0.29) is 5.82 Å². The van der Waals surface area contributed by atoms with Gasteiger partial charge in [0.2, 0.25) is 0 Å². The molecule has 0 aliphatic heterocycles. The highest BCUT2D eigenvalue weighted by Gasteiger charge is 2.15. The van der Waals surface area contributed by atoms with E-state index in [1.165, 1.54) is 6.07 Å². The molecule has 96 valence electrons. The highest BCUT2D eigenvalue weighted by molar-refractivity contribution is 7.14. The van der Waals surface area contributed by atoms with Crippen molar-refractivity contribution in [3.63, 3.8) is 0 Å². The van der Waals surface area contributed by atoms with Crippen LogP contribution in [0.25, 0.3) is 10.6 Å². The topological polar surface area (TPSA) is 25.8 Å². The zero-order valence-corrected chi connectivity index (χ0v) is 11.9. The van der Waals surface area contributed by atoms with Gasteiger partial charge in [0.05, 0.1) is 0 Å². The summed E-state index contributed by atoms with van der Waals surface area (Å²) in [5, 5.41) is 10.2. The molecule has 0 unspecified atom stereocenters. The summed E-state index contributed by atoms with van der Waals surface area (Å²) in [7, 11) is 0. The normalized spacial score (nSPS) is 11.5. The molecule has 4 heteroatoms. The molecular formula is C14H17FN2S. The van der Waals surface area contributed by atoms with Gasteiger partial charge in [0.1, 0.15) is 15.8 Å². The van der Waals surface area contributed by atoms with Crippen molar-refractivity contribution in [1.82, 2.24) is 10.2 Å². The van der Waals surface area contributed by atoms with E-state index in [0.717, 1.165) is 21.1 Å². The fourth-order valence-electron chi connectivity index (χ4n) is 1.79. The minimum atomic E-state index is -0.226. The van der Waals surface area contributed by atoms with E-state index >= 15 is 0 Å². The Morgan fingerprint density at radius 2 is 1.78 bits per heavy atom. The van der Waals surface area contributed by atoms with Crippen LogP contribution in [0.2, 0.25) is 0 Å². The number of hydrogen-bond acceptors (Lipinski definition) is 3. The second-order valence-electron chi connectivity index (χ2n) is 4.99. The van der Waals surface area contributed by atoms with Crippen molar-refractivity contribution in [2.24, 2.45) is 0 Å². The van der Waals surface area contributed by atoms with Gasteiger partial charge in [0.15, 0.2) is 0 Å². The second-order valence-corrected chi connectivity index (χ2v) is 6.00. The summed E-state index contributed by atoms with van der Waals surface area (Å²) < 4.78 is 13.4. The Hall–Kier alpha value is -1.29. The highest BCUT2D eigenvalue weighted by atomic mass is 32.1. The van der Waals surface area contributed by atoms with Gasteiger partial charge in [0, 0.05) is 11.5 Å². The smallest absolute Gasteiger partial charge is 0.148 e. The van der Waals surface area contributed by atoms with E-state index in [1.807, 2.05) is 6.07 Å². The van der Waals surface area contributed by atoms with Crippen LogP contribution in [-0.2, 0) is 0 Å². The molecule has 1 aromatic carbocycles. The lowest BCUT2D eigenvalue weighted by Gasteiger charge is -2.10. The van der Waals surface area contributed by atoms with Crippen LogP contribution >= 0.6 is 11.3 Å². The van der Waals surface area contributed by atoms with Gasteiger partial charge in [-0.15, -0.1) is 10.2 Å². The molecule has 0 atom stereocenters. The molecule has 0 saturated heterocycles. The van der Waals surface area contributed by atoms with E-state index in [2.05, 4.69) is 37.9 Å². The standard InChI is InChI=1S/C14H17FN2S/c1-8(2)11-6-5-10(15)7-12(11)14-17-16-13(18-14)9(3)4/h5-9H,1-4H3. The van der Waals surface area contributed by atoms with Crippen LogP contribution < -0.4 is 0 Å². The first-order valence-electron chi connectivity index (χ1n) is 6.12. The van der Waals surface area contributed by atoms with Crippen molar-refractivity contribution in [2.45, 2.75) is 39.5 Å². The van der Waals surface area contributed by atoms with E-state index < -0.39 is 0 Å². The van der Waals surface area contributed by atoms with Gasteiger partial charge in [-0.1, -0.05) is 45.1 Å². The molecular weight excluding hydrogens is 247 g/mol. The second kappa shape index (κ2) is 5.14. The Bertz CT molecular complexity index is 546. The molecule has 0 fully saturated rings. The zero-order valence-electron chi connectivity index (χ0n) is 11.1. The fraction of sp³-hybridized carbons (Fsp3) is 0.429. The molecule has 1 heterocycles. The monoisotopic (exact) mass is 264 g/mol. The number of nitrogens with zero attached hydrogens (tertiary/aromatic N) is 2. The summed E-state index contributed by atoms with van der Waals surface area (Å²) in [5.41, 5.74) is 1.98. The third kappa shape index (κ3) is 2.58. The molecule has 0 bridgehead atoms. The van der Waals surface area contributed by atoms with Crippen molar-refractivity contribution < 1.29 is 4.39 Å². The molecule has 2 aromatic rings. The maximum atomic E-state index is 13.4. The van der Waals surface area contributed by atoms with Crippen LogP contribution in [0.5, 0.6) is 0 Å². The van der Waals surface area contributed by atoms with Crippen LogP contribution in [-0.4, -0.2) is 10.2 Å². The predicted molar refractivity (Wildman–Crippen MR) is 73.5 cm³/mol. The lowest BCUT2D eigenvalue weighted by atomic mass is 9.97. The van der Waals surface area contributed by atoms with Gasteiger partial charge >= 0.3 is 0 Å². The molecule has 0 amide bonds. The molecule has 0 N–H and O–H groups in total. The number of halogens is 1. The highest BCUT2D eigenvalue weighted by Crippen LogP contribution is 2.33. The lowest BCUT2D eigenvalue weighted by Crippen LogP contribution is -1.93. The number of aromatic nitrogens is 2. The van der Waals surface area contributed by atoms with E-state index in [1.54, 1.807) is 17.4 Å². The van der Waals surface area contributed by atoms with Gasteiger partial charge in [-0.2, -0.15) is 0 Å². The van der Waals surface area contributed by atoms with Crippen molar-refractivity contribution in [3.05, 3.63) is 34.6 Å². The average Bonchev–Trinajstić information content (AvgIpc) is 2.77. The number of rotatable bonds is 3. The summed E-state index contributed by atoms with van der Waals surface area (Å²) in [6.45, 7) is 8.36. The van der Waals surface area contributed by atoms with Crippen molar-refractivity contribution in [2.75, 3.05) is 0 Å². The lowest BCUT2D eigenvalue weighted by molar-refractivity contribution is 0.627. The van der Waals surface area contributed by atoms with Gasteiger partial charge in [-0.3, -0.25) is 0 Å². The van der Waals surface area contributed by atoms with Gasteiger partial charge < -0.3 is 0 Å². The first-order chi connectivity index (χ1) is 8.49. The SMILES string of the molecule is CC(C)c1nnc(-c2cc(F)ccc2C(C)C)s1. The third-order valence-electron chi connectivity index (χ3n) is 2.80. The Balaban J connectivity index is 2.51. The number of hydrogen-bond donors (Lipinski definition) is 0. The first kappa shape index (κ1) is 13.1. The third-order valence-corrected chi connectivity index (χ3v) is 4.06.